The third-order valence-electron chi connectivity index (χ3n) is 4.07. The molecule has 1 aromatic carbocycles. The number of fused-ring (bicyclic) bond motifs is 1. The van der Waals surface area contributed by atoms with Crippen molar-refractivity contribution in [3.63, 3.8) is 0 Å². The maximum absolute atomic E-state index is 12.6. The summed E-state index contributed by atoms with van der Waals surface area (Å²) in [7, 11) is 1.99. The van der Waals surface area contributed by atoms with Gasteiger partial charge in [0, 0.05) is 36.3 Å². The van der Waals surface area contributed by atoms with Gasteiger partial charge in [-0.15, -0.1) is 11.8 Å². The molecule has 108 valence electrons. The van der Waals surface area contributed by atoms with E-state index in [-0.39, 0.29) is 5.91 Å². The number of para-hydroxylation sites is 1. The molecule has 1 atom stereocenters. The normalized spacial score (nSPS) is 22.9. The summed E-state index contributed by atoms with van der Waals surface area (Å²) >= 11 is 1.84. The highest BCUT2D eigenvalue weighted by molar-refractivity contribution is 7.99. The van der Waals surface area contributed by atoms with Gasteiger partial charge >= 0.3 is 0 Å². The number of benzene rings is 1. The average molecular weight is 291 g/mol. The Morgan fingerprint density at radius 2 is 2.25 bits per heavy atom. The highest BCUT2D eigenvalue weighted by atomic mass is 32.2. The number of rotatable bonds is 3. The van der Waals surface area contributed by atoms with Gasteiger partial charge in [0.15, 0.2) is 0 Å². The Balaban J connectivity index is 1.67. The smallest absolute Gasteiger partial charge is 0.241 e. The van der Waals surface area contributed by atoms with E-state index in [0.717, 1.165) is 37.5 Å². The molecule has 2 aliphatic rings. The predicted molar refractivity (Wildman–Crippen MR) is 83.4 cm³/mol. The third kappa shape index (κ3) is 2.85. The zero-order chi connectivity index (χ0) is 13.9. The van der Waals surface area contributed by atoms with E-state index >= 15 is 0 Å². The van der Waals surface area contributed by atoms with Gasteiger partial charge in [-0.05, 0) is 25.6 Å². The molecule has 1 N–H and O–H groups in total. The van der Waals surface area contributed by atoms with Crippen molar-refractivity contribution < 1.29 is 4.79 Å². The number of amides is 1. The first-order valence-electron chi connectivity index (χ1n) is 7.20. The molecule has 0 radical (unpaired) electrons. The first-order chi connectivity index (χ1) is 9.78. The Bertz CT molecular complexity index is 494. The molecule has 1 unspecified atom stereocenters. The van der Waals surface area contributed by atoms with Crippen LogP contribution < -0.4 is 10.2 Å². The number of nitrogens with zero attached hydrogens (tertiary/aromatic N) is 2. The summed E-state index contributed by atoms with van der Waals surface area (Å²) in [6.45, 7) is 3.36. The van der Waals surface area contributed by atoms with Gasteiger partial charge in [0.25, 0.3) is 0 Å². The largest absolute Gasteiger partial charge is 0.316 e. The number of hydrogen-bond acceptors (Lipinski definition) is 4. The lowest BCUT2D eigenvalue weighted by Crippen LogP contribution is -2.43. The highest BCUT2D eigenvalue weighted by Gasteiger charge is 2.27. The fourth-order valence-electron chi connectivity index (χ4n) is 2.92. The Hall–Kier alpha value is -1.04. The second-order valence-corrected chi connectivity index (χ2v) is 6.51. The van der Waals surface area contributed by atoms with Crippen LogP contribution in [0.15, 0.2) is 29.2 Å². The molecule has 0 aromatic heterocycles. The first-order valence-corrected chi connectivity index (χ1v) is 8.18. The van der Waals surface area contributed by atoms with Gasteiger partial charge in [0.05, 0.1) is 12.2 Å². The summed E-state index contributed by atoms with van der Waals surface area (Å²) in [4.78, 5) is 18.0. The number of likely N-dealkylation sites (tertiary alicyclic amines) is 1. The standard InChI is InChI=1S/C15H21N3OS/c1-16-12-6-7-17(10-12)11-15(19)18-8-9-20-14-5-3-2-4-13(14)18/h2-5,12,16H,6-11H2,1H3. The van der Waals surface area contributed by atoms with Crippen molar-refractivity contribution >= 4 is 23.4 Å². The van der Waals surface area contributed by atoms with Crippen LogP contribution >= 0.6 is 11.8 Å². The molecule has 0 bridgehead atoms. The quantitative estimate of drug-likeness (QED) is 0.913. The minimum absolute atomic E-state index is 0.231. The lowest BCUT2D eigenvalue weighted by molar-refractivity contribution is -0.119. The van der Waals surface area contributed by atoms with Gasteiger partial charge in [0.1, 0.15) is 0 Å². The molecule has 1 fully saturated rings. The lowest BCUT2D eigenvalue weighted by atomic mass is 10.2. The Labute approximate surface area is 124 Å². The van der Waals surface area contributed by atoms with Crippen molar-refractivity contribution in [3.8, 4) is 0 Å². The van der Waals surface area contributed by atoms with E-state index in [1.165, 1.54) is 4.90 Å². The van der Waals surface area contributed by atoms with E-state index in [2.05, 4.69) is 22.3 Å². The SMILES string of the molecule is CNC1CCN(CC(=O)N2CCSc3ccccc32)C1. The molecular weight excluding hydrogens is 270 g/mol. The van der Waals surface area contributed by atoms with Crippen LogP contribution in [0.3, 0.4) is 0 Å². The highest BCUT2D eigenvalue weighted by Crippen LogP contribution is 2.34. The van der Waals surface area contributed by atoms with Crippen molar-refractivity contribution in [2.45, 2.75) is 17.4 Å². The van der Waals surface area contributed by atoms with Gasteiger partial charge in [-0.3, -0.25) is 9.69 Å². The van der Waals surface area contributed by atoms with Crippen molar-refractivity contribution in [2.24, 2.45) is 0 Å². The van der Waals surface area contributed by atoms with Crippen LogP contribution in [0.5, 0.6) is 0 Å². The summed E-state index contributed by atoms with van der Waals surface area (Å²) in [5.74, 6) is 1.22. The van der Waals surface area contributed by atoms with Crippen LogP contribution in [0.1, 0.15) is 6.42 Å². The van der Waals surface area contributed by atoms with Crippen LogP contribution in [0.25, 0.3) is 0 Å². The number of carbonyl (C=O) groups is 1. The summed E-state index contributed by atoms with van der Waals surface area (Å²) in [6, 6.07) is 8.74. The van der Waals surface area contributed by atoms with Gasteiger partial charge in [-0.25, -0.2) is 0 Å². The Morgan fingerprint density at radius 3 is 3.05 bits per heavy atom. The molecule has 2 heterocycles. The molecule has 20 heavy (non-hydrogen) atoms. The van der Waals surface area contributed by atoms with Crippen LogP contribution in [-0.2, 0) is 4.79 Å². The van der Waals surface area contributed by atoms with Crippen molar-refractivity contribution in [1.82, 2.24) is 10.2 Å². The molecule has 5 heteroatoms. The van der Waals surface area contributed by atoms with Crippen LogP contribution in [0, 0.1) is 0 Å². The fraction of sp³-hybridized carbons (Fsp3) is 0.533. The summed E-state index contributed by atoms with van der Waals surface area (Å²) < 4.78 is 0. The molecule has 3 rings (SSSR count). The number of hydrogen-bond donors (Lipinski definition) is 1. The second kappa shape index (κ2) is 6.16. The van der Waals surface area contributed by atoms with E-state index in [1.54, 1.807) is 0 Å². The number of anilines is 1. The van der Waals surface area contributed by atoms with E-state index < -0.39 is 0 Å². The van der Waals surface area contributed by atoms with Crippen LogP contribution in [0.2, 0.25) is 0 Å². The molecule has 2 aliphatic heterocycles. The lowest BCUT2D eigenvalue weighted by Gasteiger charge is -2.30. The van der Waals surface area contributed by atoms with Gasteiger partial charge < -0.3 is 10.2 Å². The van der Waals surface area contributed by atoms with E-state index in [9.17, 15) is 4.79 Å². The minimum atomic E-state index is 0.231. The maximum Gasteiger partial charge on any atom is 0.241 e. The van der Waals surface area contributed by atoms with Gasteiger partial charge in [0.2, 0.25) is 5.91 Å². The third-order valence-corrected chi connectivity index (χ3v) is 5.11. The number of thioether (sulfide) groups is 1. The average Bonchev–Trinajstić information content (AvgIpc) is 2.94. The van der Waals surface area contributed by atoms with Crippen LogP contribution in [0.4, 0.5) is 5.69 Å². The monoisotopic (exact) mass is 291 g/mol. The number of likely N-dealkylation sites (N-methyl/N-ethyl adjacent to an activating group) is 1. The van der Waals surface area contributed by atoms with Gasteiger partial charge in [-0.1, -0.05) is 12.1 Å². The van der Waals surface area contributed by atoms with Crippen molar-refractivity contribution in [2.75, 3.05) is 43.9 Å². The predicted octanol–water partition coefficient (Wildman–Crippen LogP) is 1.42. The van der Waals surface area contributed by atoms with Crippen molar-refractivity contribution in [3.05, 3.63) is 24.3 Å². The van der Waals surface area contributed by atoms with E-state index in [0.29, 0.717) is 12.6 Å². The number of carbonyl (C=O) groups excluding carboxylic acids is 1. The molecular formula is C15H21N3OS. The minimum Gasteiger partial charge on any atom is -0.316 e. The summed E-state index contributed by atoms with van der Waals surface area (Å²) in [5.41, 5.74) is 1.08. The molecule has 1 saturated heterocycles. The molecule has 1 amide bonds. The molecule has 0 saturated carbocycles. The summed E-state index contributed by atoms with van der Waals surface area (Å²) in [6.07, 6.45) is 1.14. The second-order valence-electron chi connectivity index (χ2n) is 5.37. The van der Waals surface area contributed by atoms with E-state index in [4.69, 9.17) is 0 Å². The Kier molecular flexibility index (Phi) is 4.29. The van der Waals surface area contributed by atoms with E-state index in [1.807, 2.05) is 35.8 Å². The van der Waals surface area contributed by atoms with Crippen LogP contribution in [-0.4, -0.2) is 55.8 Å². The fourth-order valence-corrected chi connectivity index (χ4v) is 3.91. The molecule has 0 spiro atoms. The molecule has 1 aromatic rings. The molecule has 0 aliphatic carbocycles. The number of nitrogens with one attached hydrogen (secondary N) is 1. The molecule has 4 nitrogen and oxygen atoms in total. The topological polar surface area (TPSA) is 35.6 Å². The zero-order valence-corrected chi connectivity index (χ0v) is 12.7. The zero-order valence-electron chi connectivity index (χ0n) is 11.8. The first kappa shape index (κ1) is 13.9. The summed E-state index contributed by atoms with van der Waals surface area (Å²) in [5, 5.41) is 3.29. The Morgan fingerprint density at radius 1 is 1.40 bits per heavy atom. The van der Waals surface area contributed by atoms with Gasteiger partial charge in [-0.2, -0.15) is 0 Å². The van der Waals surface area contributed by atoms with Crippen molar-refractivity contribution in [1.29, 1.82) is 0 Å². The maximum atomic E-state index is 12.6.